The molecule has 0 unspecified atom stereocenters. The van der Waals surface area contributed by atoms with E-state index in [1.165, 1.54) is 6.20 Å². The molecule has 1 aromatic rings. The molecule has 11 heavy (non-hydrogen) atoms. The standard InChI is InChI=1S/C6H9N3O2/c1-4(2)5-3-7-8-6(5)9(10)11/h3-4H,1-2H3,(H,7,8). The molecule has 0 saturated carbocycles. The fourth-order valence-electron chi connectivity index (χ4n) is 0.857. The van der Waals surface area contributed by atoms with Crippen LogP contribution in [0, 0.1) is 10.1 Å². The number of hydrogen-bond acceptors (Lipinski definition) is 3. The summed E-state index contributed by atoms with van der Waals surface area (Å²) in [7, 11) is 0. The quantitative estimate of drug-likeness (QED) is 0.518. The Labute approximate surface area is 63.6 Å². The zero-order chi connectivity index (χ0) is 8.43. The van der Waals surface area contributed by atoms with Crippen LogP contribution in [0.2, 0.25) is 0 Å². The van der Waals surface area contributed by atoms with Gasteiger partial charge in [0.2, 0.25) is 0 Å². The molecular weight excluding hydrogens is 146 g/mol. The molecule has 0 atom stereocenters. The minimum Gasteiger partial charge on any atom is -0.358 e. The maximum atomic E-state index is 10.3. The van der Waals surface area contributed by atoms with Crippen LogP contribution in [0.25, 0.3) is 0 Å². The summed E-state index contributed by atoms with van der Waals surface area (Å²) in [4.78, 5) is 9.87. The second-order valence-electron chi connectivity index (χ2n) is 2.59. The van der Waals surface area contributed by atoms with Crippen molar-refractivity contribution in [2.75, 3.05) is 0 Å². The Kier molecular flexibility index (Phi) is 1.89. The topological polar surface area (TPSA) is 71.8 Å². The Balaban J connectivity index is 3.06. The van der Waals surface area contributed by atoms with Gasteiger partial charge in [0.15, 0.2) is 0 Å². The molecule has 60 valence electrons. The van der Waals surface area contributed by atoms with Crippen molar-refractivity contribution in [1.29, 1.82) is 0 Å². The summed E-state index contributed by atoms with van der Waals surface area (Å²) in [6, 6.07) is 0. The highest BCUT2D eigenvalue weighted by Crippen LogP contribution is 2.22. The molecule has 0 radical (unpaired) electrons. The molecule has 1 aromatic heterocycles. The van der Waals surface area contributed by atoms with E-state index in [0.29, 0.717) is 5.56 Å². The maximum absolute atomic E-state index is 10.3. The number of hydrogen-bond donors (Lipinski definition) is 1. The van der Waals surface area contributed by atoms with Crippen LogP contribution in [0.1, 0.15) is 25.3 Å². The number of aromatic nitrogens is 2. The third kappa shape index (κ3) is 1.36. The van der Waals surface area contributed by atoms with E-state index in [2.05, 4.69) is 10.2 Å². The van der Waals surface area contributed by atoms with E-state index in [9.17, 15) is 10.1 Å². The van der Waals surface area contributed by atoms with Crippen LogP contribution in [0.5, 0.6) is 0 Å². The molecule has 0 amide bonds. The Morgan fingerprint density at radius 3 is 2.73 bits per heavy atom. The first-order valence-corrected chi connectivity index (χ1v) is 3.30. The average Bonchev–Trinajstić information content (AvgIpc) is 2.32. The maximum Gasteiger partial charge on any atom is 0.346 e. The van der Waals surface area contributed by atoms with Gasteiger partial charge < -0.3 is 10.1 Å². The van der Waals surface area contributed by atoms with E-state index < -0.39 is 4.92 Å². The highest BCUT2D eigenvalue weighted by Gasteiger charge is 2.16. The first-order chi connectivity index (χ1) is 5.13. The van der Waals surface area contributed by atoms with E-state index in [1.807, 2.05) is 13.8 Å². The first-order valence-electron chi connectivity index (χ1n) is 3.30. The summed E-state index contributed by atoms with van der Waals surface area (Å²) in [6.07, 6.45) is 1.49. The molecule has 1 rings (SSSR count). The Morgan fingerprint density at radius 2 is 2.36 bits per heavy atom. The van der Waals surface area contributed by atoms with E-state index in [0.717, 1.165) is 0 Å². The van der Waals surface area contributed by atoms with Crippen molar-refractivity contribution < 1.29 is 4.92 Å². The second-order valence-corrected chi connectivity index (χ2v) is 2.59. The van der Waals surface area contributed by atoms with Crippen LogP contribution in [-0.2, 0) is 0 Å². The van der Waals surface area contributed by atoms with Gasteiger partial charge in [0.05, 0.1) is 11.8 Å². The Hall–Kier alpha value is -1.39. The van der Waals surface area contributed by atoms with Crippen molar-refractivity contribution in [3.63, 3.8) is 0 Å². The second kappa shape index (κ2) is 2.69. The van der Waals surface area contributed by atoms with Crippen molar-refractivity contribution in [2.24, 2.45) is 0 Å². The molecule has 0 aromatic carbocycles. The molecule has 0 bridgehead atoms. The summed E-state index contributed by atoms with van der Waals surface area (Å²) in [5.74, 6) is 0.133. The number of nitrogens with zero attached hydrogens (tertiary/aromatic N) is 2. The molecule has 5 heteroatoms. The van der Waals surface area contributed by atoms with Gasteiger partial charge in [0.1, 0.15) is 0 Å². The van der Waals surface area contributed by atoms with Crippen molar-refractivity contribution >= 4 is 5.82 Å². The molecule has 0 saturated heterocycles. The Bertz CT molecular complexity index is 267. The first kappa shape index (κ1) is 7.71. The SMILES string of the molecule is CC(C)c1cn[nH]c1[N+](=O)[O-]. The van der Waals surface area contributed by atoms with Crippen molar-refractivity contribution in [1.82, 2.24) is 10.2 Å². The summed E-state index contributed by atoms with van der Waals surface area (Å²) < 4.78 is 0. The molecule has 0 spiro atoms. The fraction of sp³-hybridized carbons (Fsp3) is 0.500. The van der Waals surface area contributed by atoms with Crippen LogP contribution in [-0.4, -0.2) is 15.1 Å². The van der Waals surface area contributed by atoms with Gasteiger partial charge in [0, 0.05) is 0 Å². The van der Waals surface area contributed by atoms with Crippen LogP contribution in [0.3, 0.4) is 0 Å². The van der Waals surface area contributed by atoms with Gasteiger partial charge in [0.25, 0.3) is 0 Å². The van der Waals surface area contributed by atoms with Crippen molar-refractivity contribution in [3.8, 4) is 0 Å². The van der Waals surface area contributed by atoms with Crippen LogP contribution < -0.4 is 0 Å². The lowest BCUT2D eigenvalue weighted by Crippen LogP contribution is -1.94. The Morgan fingerprint density at radius 1 is 1.73 bits per heavy atom. The number of nitro groups is 1. The predicted octanol–water partition coefficient (Wildman–Crippen LogP) is 1.44. The summed E-state index contributed by atoms with van der Waals surface area (Å²) in [5.41, 5.74) is 0.648. The lowest BCUT2D eigenvalue weighted by atomic mass is 10.1. The molecule has 1 N–H and O–H groups in total. The normalized spacial score (nSPS) is 10.5. The molecular formula is C6H9N3O2. The minimum absolute atomic E-state index is 0.000000000000000222. The zero-order valence-corrected chi connectivity index (χ0v) is 6.37. The smallest absolute Gasteiger partial charge is 0.346 e. The summed E-state index contributed by atoms with van der Waals surface area (Å²) >= 11 is 0. The van der Waals surface area contributed by atoms with Crippen molar-refractivity contribution in [2.45, 2.75) is 19.8 Å². The van der Waals surface area contributed by atoms with Gasteiger partial charge in [-0.15, -0.1) is 5.10 Å². The van der Waals surface area contributed by atoms with Gasteiger partial charge in [-0.3, -0.25) is 0 Å². The summed E-state index contributed by atoms with van der Waals surface area (Å²) in [6.45, 7) is 3.77. The largest absolute Gasteiger partial charge is 0.358 e. The van der Waals surface area contributed by atoms with E-state index in [-0.39, 0.29) is 11.7 Å². The van der Waals surface area contributed by atoms with E-state index >= 15 is 0 Å². The van der Waals surface area contributed by atoms with Crippen LogP contribution >= 0.6 is 0 Å². The lowest BCUT2D eigenvalue weighted by molar-refractivity contribution is -0.390. The molecule has 1 heterocycles. The highest BCUT2D eigenvalue weighted by atomic mass is 16.6. The zero-order valence-electron chi connectivity index (χ0n) is 6.37. The highest BCUT2D eigenvalue weighted by molar-refractivity contribution is 5.31. The molecule has 0 fully saturated rings. The number of rotatable bonds is 2. The fourth-order valence-corrected chi connectivity index (χ4v) is 0.857. The molecule has 0 aliphatic heterocycles. The van der Waals surface area contributed by atoms with Crippen LogP contribution in [0.4, 0.5) is 5.82 Å². The molecule has 5 nitrogen and oxygen atoms in total. The monoisotopic (exact) mass is 155 g/mol. The van der Waals surface area contributed by atoms with Gasteiger partial charge in [-0.05, 0) is 10.8 Å². The van der Waals surface area contributed by atoms with Gasteiger partial charge in [-0.1, -0.05) is 18.9 Å². The molecule has 0 aliphatic carbocycles. The van der Waals surface area contributed by atoms with E-state index in [4.69, 9.17) is 0 Å². The van der Waals surface area contributed by atoms with Gasteiger partial charge >= 0.3 is 5.82 Å². The number of H-pyrrole nitrogens is 1. The van der Waals surface area contributed by atoms with Gasteiger partial charge in [-0.2, -0.15) is 0 Å². The predicted molar refractivity (Wildman–Crippen MR) is 39.3 cm³/mol. The minimum atomic E-state index is -0.456. The summed E-state index contributed by atoms with van der Waals surface area (Å²) in [5, 5.41) is 16.3. The number of nitrogens with one attached hydrogen (secondary N) is 1. The third-order valence-electron chi connectivity index (χ3n) is 1.45. The van der Waals surface area contributed by atoms with Crippen LogP contribution in [0.15, 0.2) is 6.20 Å². The third-order valence-corrected chi connectivity index (χ3v) is 1.45. The van der Waals surface area contributed by atoms with Gasteiger partial charge in [-0.25, -0.2) is 0 Å². The van der Waals surface area contributed by atoms with E-state index in [1.54, 1.807) is 0 Å². The molecule has 0 aliphatic rings. The van der Waals surface area contributed by atoms with Crippen molar-refractivity contribution in [3.05, 3.63) is 21.9 Å². The lowest BCUT2D eigenvalue weighted by Gasteiger charge is -1.98. The number of aromatic amines is 1. The average molecular weight is 155 g/mol.